The number of fused-ring (bicyclic) bond motifs is 6. The summed E-state index contributed by atoms with van der Waals surface area (Å²) in [5.74, 6) is 2.16. The van der Waals surface area contributed by atoms with E-state index >= 15 is 0 Å². The van der Waals surface area contributed by atoms with Crippen molar-refractivity contribution in [3.63, 3.8) is 0 Å². The van der Waals surface area contributed by atoms with Crippen LogP contribution in [0.5, 0.6) is 0 Å². The van der Waals surface area contributed by atoms with Crippen LogP contribution in [0.15, 0.2) is 258 Å². The highest BCUT2D eigenvalue weighted by Gasteiger charge is 2.47. The molecule has 6 aromatic carbocycles. The van der Waals surface area contributed by atoms with E-state index in [4.69, 9.17) is 4.74 Å². The van der Waals surface area contributed by atoms with Crippen molar-refractivity contribution < 1.29 is 4.74 Å². The Labute approximate surface area is 385 Å². The van der Waals surface area contributed by atoms with Gasteiger partial charge in [0.25, 0.3) is 0 Å². The zero-order valence-corrected chi connectivity index (χ0v) is 37.5. The molecule has 1 aliphatic heterocycles. The average Bonchev–Trinajstić information content (AvgIpc) is 3.59. The minimum Gasteiger partial charge on any atom is -0.491 e. The van der Waals surface area contributed by atoms with Gasteiger partial charge in [-0.15, -0.1) is 0 Å². The van der Waals surface area contributed by atoms with Crippen molar-refractivity contribution in [2.75, 3.05) is 11.5 Å². The van der Waals surface area contributed by atoms with E-state index in [1.54, 1.807) is 0 Å². The maximum absolute atomic E-state index is 7.56. The Bertz CT molecular complexity index is 2890. The molecule has 0 fully saturated rings. The van der Waals surface area contributed by atoms with Crippen LogP contribution in [-0.4, -0.2) is 6.61 Å². The predicted molar refractivity (Wildman–Crippen MR) is 271 cm³/mol. The van der Waals surface area contributed by atoms with Crippen molar-refractivity contribution in [2.45, 2.75) is 44.4 Å². The van der Waals surface area contributed by atoms with Gasteiger partial charge >= 0.3 is 0 Å². The monoisotopic (exact) mass is 841 g/mol. The Kier molecular flexibility index (Phi) is 10.7. The van der Waals surface area contributed by atoms with Crippen LogP contribution in [0, 0.1) is 17.8 Å². The summed E-state index contributed by atoms with van der Waals surface area (Å²) in [6.07, 6.45) is 24.6. The van der Waals surface area contributed by atoms with Crippen molar-refractivity contribution in [3.8, 4) is 22.3 Å². The molecule has 11 rings (SSSR count). The van der Waals surface area contributed by atoms with Gasteiger partial charge in [-0.1, -0.05) is 215 Å². The quantitative estimate of drug-likeness (QED) is 0.151. The third-order valence-electron chi connectivity index (χ3n) is 14.6. The molecular formula is C63H55NO. The van der Waals surface area contributed by atoms with Crippen LogP contribution in [0.25, 0.3) is 22.3 Å². The van der Waals surface area contributed by atoms with Gasteiger partial charge in [-0.25, -0.2) is 0 Å². The number of hydrogen-bond acceptors (Lipinski definition) is 2. The van der Waals surface area contributed by atoms with E-state index in [-0.39, 0.29) is 23.2 Å². The first-order chi connectivity index (χ1) is 31.9. The molecule has 0 spiro atoms. The van der Waals surface area contributed by atoms with Crippen LogP contribution in [0.4, 0.5) is 11.4 Å². The van der Waals surface area contributed by atoms with Gasteiger partial charge in [0, 0.05) is 34.7 Å². The Morgan fingerprint density at radius 3 is 1.86 bits per heavy atom. The normalized spacial score (nSPS) is 23.6. The first-order valence-electron chi connectivity index (χ1n) is 23.4. The lowest BCUT2D eigenvalue weighted by Gasteiger charge is -2.40. The van der Waals surface area contributed by atoms with Gasteiger partial charge in [-0.3, -0.25) is 0 Å². The lowest BCUT2D eigenvalue weighted by molar-refractivity contribution is 0.170. The van der Waals surface area contributed by atoms with Gasteiger partial charge in [-0.05, 0) is 110 Å². The minimum atomic E-state index is 0.0116. The first kappa shape index (κ1) is 40.6. The van der Waals surface area contributed by atoms with Gasteiger partial charge < -0.3 is 9.64 Å². The summed E-state index contributed by atoms with van der Waals surface area (Å²) in [5, 5.41) is 0. The summed E-state index contributed by atoms with van der Waals surface area (Å²) in [5.41, 5.74) is 17.5. The van der Waals surface area contributed by atoms with E-state index in [0.29, 0.717) is 18.4 Å². The highest BCUT2D eigenvalue weighted by Crippen LogP contribution is 2.56. The molecule has 65 heavy (non-hydrogen) atoms. The summed E-state index contributed by atoms with van der Waals surface area (Å²) >= 11 is 0. The number of allylic oxidation sites excluding steroid dienone is 15. The number of rotatable bonds is 8. The van der Waals surface area contributed by atoms with E-state index in [0.717, 1.165) is 29.3 Å². The van der Waals surface area contributed by atoms with Crippen LogP contribution < -0.4 is 4.90 Å². The van der Waals surface area contributed by atoms with E-state index in [1.807, 2.05) is 0 Å². The molecule has 4 aliphatic carbocycles. The molecule has 2 nitrogen and oxygen atoms in total. The Morgan fingerprint density at radius 2 is 1.20 bits per heavy atom. The number of hydrogen-bond donors (Lipinski definition) is 0. The fourth-order valence-electron chi connectivity index (χ4n) is 11.3. The second kappa shape index (κ2) is 17.1. The van der Waals surface area contributed by atoms with Crippen LogP contribution in [0.2, 0.25) is 0 Å². The number of anilines is 2. The first-order valence-corrected chi connectivity index (χ1v) is 23.4. The van der Waals surface area contributed by atoms with Crippen molar-refractivity contribution in [1.82, 2.24) is 0 Å². The van der Waals surface area contributed by atoms with Gasteiger partial charge in [0.05, 0.1) is 5.70 Å². The highest BCUT2D eigenvalue weighted by molar-refractivity contribution is 5.75. The van der Waals surface area contributed by atoms with Crippen molar-refractivity contribution >= 4 is 11.4 Å². The summed E-state index contributed by atoms with van der Waals surface area (Å²) < 4.78 is 7.56. The topological polar surface area (TPSA) is 12.5 Å². The van der Waals surface area contributed by atoms with Crippen LogP contribution in [0.3, 0.4) is 0 Å². The zero-order chi connectivity index (χ0) is 43.9. The third kappa shape index (κ3) is 7.61. The minimum absolute atomic E-state index is 0.0116. The van der Waals surface area contributed by atoms with Gasteiger partial charge in [0.15, 0.2) is 0 Å². The van der Waals surface area contributed by atoms with Crippen LogP contribution >= 0.6 is 0 Å². The number of ether oxygens (including phenoxy) is 1. The average molecular weight is 842 g/mol. The summed E-state index contributed by atoms with van der Waals surface area (Å²) in [7, 11) is 0. The van der Waals surface area contributed by atoms with E-state index in [9.17, 15) is 0 Å². The molecule has 5 atom stereocenters. The number of benzene rings is 6. The molecule has 0 saturated heterocycles. The molecule has 2 bridgehead atoms. The van der Waals surface area contributed by atoms with E-state index in [1.165, 1.54) is 61.2 Å². The van der Waals surface area contributed by atoms with Gasteiger partial charge in [-0.2, -0.15) is 0 Å². The SMILES string of the molecule is CC1C=CC2=C(OC/C(N(c3ccc(-c4ccccc4)cc3)c3ccc(-c4ccccc4)cc3)=C\C=C3\C=CC=C2C3)[C@@H]1C(C1=CC2C(C=C1)c1ccccc1C2(C)C)c1ccccc1. The number of nitrogens with zero attached hydrogens (tertiary/aromatic N) is 1. The lowest BCUT2D eigenvalue weighted by Crippen LogP contribution is -2.31. The maximum atomic E-state index is 7.56. The molecule has 0 saturated carbocycles. The van der Waals surface area contributed by atoms with Crippen molar-refractivity contribution in [1.29, 1.82) is 0 Å². The fraction of sp³-hybridized carbons (Fsp3) is 0.175. The molecule has 4 unspecified atom stereocenters. The maximum Gasteiger partial charge on any atom is 0.128 e. The lowest BCUT2D eigenvalue weighted by atomic mass is 9.66. The smallest absolute Gasteiger partial charge is 0.128 e. The summed E-state index contributed by atoms with van der Waals surface area (Å²) in [4.78, 5) is 2.39. The second-order valence-electron chi connectivity index (χ2n) is 18.9. The molecule has 0 amide bonds. The van der Waals surface area contributed by atoms with Gasteiger partial charge in [0.1, 0.15) is 12.4 Å². The van der Waals surface area contributed by atoms with Gasteiger partial charge in [0.2, 0.25) is 0 Å². The molecule has 6 aromatic rings. The van der Waals surface area contributed by atoms with Crippen molar-refractivity contribution in [2.24, 2.45) is 17.8 Å². The molecule has 5 aliphatic rings. The van der Waals surface area contributed by atoms with E-state index in [2.05, 4.69) is 250 Å². The molecule has 0 aromatic heterocycles. The second-order valence-corrected chi connectivity index (χ2v) is 18.9. The van der Waals surface area contributed by atoms with Crippen molar-refractivity contribution in [3.05, 3.63) is 275 Å². The standard InChI is InChI=1S/C63H55NO/c1-43-26-38-55-50-23-15-16-44(40-50)27-33-54(64(52-34-28-47(29-35-52)45-17-7-4-8-18-45)53-36-30-48(31-37-53)46-19-9-5-10-20-46)42-65-62(55)60(43)61(49-21-11-6-12-22-49)51-32-39-57-56-24-13-14-25-58(56)63(2,3)59(57)41-51/h4-39,41,43,57,59-61H,40,42H2,1-3H3/b44-27-,54-33+/t43?,57?,59?,60-,61?/m0/s1. The summed E-state index contributed by atoms with van der Waals surface area (Å²) in [6.45, 7) is 7.66. The molecule has 318 valence electrons. The predicted octanol–water partition coefficient (Wildman–Crippen LogP) is 15.9. The molecule has 0 N–H and O–H groups in total. The molecular weight excluding hydrogens is 787 g/mol. The molecule has 0 radical (unpaired) electrons. The zero-order valence-electron chi connectivity index (χ0n) is 37.5. The Balaban J connectivity index is 1.02. The Morgan fingerprint density at radius 1 is 0.600 bits per heavy atom. The van der Waals surface area contributed by atoms with Crippen LogP contribution in [0.1, 0.15) is 55.7 Å². The van der Waals surface area contributed by atoms with Crippen LogP contribution in [-0.2, 0) is 10.2 Å². The third-order valence-corrected chi connectivity index (χ3v) is 14.6. The highest BCUT2D eigenvalue weighted by atomic mass is 16.5. The molecule has 2 heteroatoms. The largest absolute Gasteiger partial charge is 0.491 e. The Hall–Kier alpha value is -7.16. The van der Waals surface area contributed by atoms with E-state index < -0.39 is 0 Å². The summed E-state index contributed by atoms with van der Waals surface area (Å²) in [6, 6.07) is 59.6. The fourth-order valence-corrected chi connectivity index (χ4v) is 11.3. The molecule has 1 heterocycles.